The van der Waals surface area contributed by atoms with Crippen LogP contribution >= 0.6 is 23.2 Å². The molecule has 200 valence electrons. The van der Waals surface area contributed by atoms with Crippen LogP contribution in [0.25, 0.3) is 22.6 Å². The van der Waals surface area contributed by atoms with Crippen molar-refractivity contribution in [2.45, 2.75) is 32.4 Å². The number of methoxy groups -OCH3 is 1. The van der Waals surface area contributed by atoms with Gasteiger partial charge in [0.05, 0.1) is 28.4 Å². The van der Waals surface area contributed by atoms with Gasteiger partial charge in [-0.05, 0) is 73.7 Å². The summed E-state index contributed by atoms with van der Waals surface area (Å²) in [5.41, 5.74) is 3.45. The van der Waals surface area contributed by atoms with E-state index in [1.165, 1.54) is 6.07 Å². The summed E-state index contributed by atoms with van der Waals surface area (Å²) in [6.45, 7) is 3.38. The molecule has 0 unspecified atom stereocenters. The average molecular weight is 561 g/mol. The van der Waals surface area contributed by atoms with E-state index in [4.69, 9.17) is 37.9 Å². The predicted octanol–water partition coefficient (Wildman–Crippen LogP) is 5.88. The molecule has 1 aliphatic heterocycles. The minimum atomic E-state index is -0.897. The Balaban J connectivity index is 1.52. The Morgan fingerprint density at radius 3 is 2.63 bits per heavy atom. The SMILES string of the molecule is COCCc1cc(Cl)c(-c2nc3cnc(NCc4ccc(F)c(F)c4)nc3n2C[C@@H]2CCCNC2)c(Cl)c1. The van der Waals surface area contributed by atoms with Crippen LogP contribution in [0.2, 0.25) is 10.0 Å². The number of benzene rings is 2. The van der Waals surface area contributed by atoms with Gasteiger partial charge in [0.1, 0.15) is 11.3 Å². The van der Waals surface area contributed by atoms with E-state index in [0.29, 0.717) is 69.6 Å². The van der Waals surface area contributed by atoms with Crippen LogP contribution in [0.4, 0.5) is 14.7 Å². The zero-order chi connectivity index (χ0) is 26.6. The summed E-state index contributed by atoms with van der Waals surface area (Å²) < 4.78 is 34.2. The molecule has 0 saturated carbocycles. The van der Waals surface area contributed by atoms with Crippen LogP contribution in [0.15, 0.2) is 36.5 Å². The van der Waals surface area contributed by atoms with E-state index >= 15 is 0 Å². The maximum Gasteiger partial charge on any atom is 0.225 e. The zero-order valence-electron chi connectivity index (χ0n) is 20.9. The molecule has 0 bridgehead atoms. The molecule has 0 spiro atoms. The highest BCUT2D eigenvalue weighted by Gasteiger charge is 2.23. The molecular formula is C27H28Cl2F2N6O. The van der Waals surface area contributed by atoms with Crippen LogP contribution in [0, 0.1) is 17.6 Å². The molecule has 2 aromatic heterocycles. The number of ether oxygens (including phenoxy) is 1. The summed E-state index contributed by atoms with van der Waals surface area (Å²) in [4.78, 5) is 14.0. The number of aromatic nitrogens is 4. The van der Waals surface area contributed by atoms with Crippen LogP contribution in [0.5, 0.6) is 0 Å². The average Bonchev–Trinajstić information content (AvgIpc) is 3.25. The molecule has 38 heavy (non-hydrogen) atoms. The number of piperidine rings is 1. The van der Waals surface area contributed by atoms with E-state index < -0.39 is 11.6 Å². The number of fused-ring (bicyclic) bond motifs is 1. The van der Waals surface area contributed by atoms with E-state index in [0.717, 1.165) is 43.6 Å². The lowest BCUT2D eigenvalue weighted by Gasteiger charge is -2.24. The second-order valence-electron chi connectivity index (χ2n) is 9.44. The molecule has 2 aromatic carbocycles. The van der Waals surface area contributed by atoms with Crippen LogP contribution < -0.4 is 10.6 Å². The van der Waals surface area contributed by atoms with Gasteiger partial charge >= 0.3 is 0 Å². The van der Waals surface area contributed by atoms with Crippen LogP contribution in [-0.2, 0) is 24.2 Å². The molecule has 4 aromatic rings. The van der Waals surface area contributed by atoms with Gasteiger partial charge in [0.25, 0.3) is 0 Å². The van der Waals surface area contributed by atoms with Crippen molar-refractivity contribution in [3.63, 3.8) is 0 Å². The molecule has 1 saturated heterocycles. The van der Waals surface area contributed by atoms with E-state index in [9.17, 15) is 8.78 Å². The normalized spacial score (nSPS) is 15.8. The van der Waals surface area contributed by atoms with Gasteiger partial charge in [-0.3, -0.25) is 0 Å². The Bertz CT molecular complexity index is 1420. The quantitative estimate of drug-likeness (QED) is 0.266. The summed E-state index contributed by atoms with van der Waals surface area (Å²) >= 11 is 13.5. The zero-order valence-corrected chi connectivity index (χ0v) is 22.4. The fourth-order valence-corrected chi connectivity index (χ4v) is 5.44. The fourth-order valence-electron chi connectivity index (χ4n) is 4.74. The van der Waals surface area contributed by atoms with Gasteiger partial charge in [0.15, 0.2) is 17.3 Å². The summed E-state index contributed by atoms with van der Waals surface area (Å²) in [7, 11) is 1.65. The Hall–Kier alpha value is -2.85. The molecule has 2 N–H and O–H groups in total. The van der Waals surface area contributed by atoms with Crippen molar-refractivity contribution in [1.29, 1.82) is 0 Å². The highest BCUT2D eigenvalue weighted by molar-refractivity contribution is 6.39. The Labute approximate surface area is 229 Å². The highest BCUT2D eigenvalue weighted by Crippen LogP contribution is 2.37. The number of nitrogens with zero attached hydrogens (tertiary/aromatic N) is 4. The molecule has 7 nitrogen and oxygen atoms in total. The smallest absolute Gasteiger partial charge is 0.225 e. The van der Waals surface area contributed by atoms with Crippen molar-refractivity contribution in [2.75, 3.05) is 32.1 Å². The molecule has 0 aliphatic carbocycles. The molecule has 3 heterocycles. The summed E-state index contributed by atoms with van der Waals surface area (Å²) in [5.74, 6) is -0.419. The van der Waals surface area contributed by atoms with Gasteiger partial charge in [-0.25, -0.2) is 18.7 Å². The minimum absolute atomic E-state index is 0.233. The Morgan fingerprint density at radius 1 is 1.11 bits per heavy atom. The van der Waals surface area contributed by atoms with Crippen LogP contribution in [-0.4, -0.2) is 46.3 Å². The molecule has 11 heteroatoms. The monoisotopic (exact) mass is 560 g/mol. The molecule has 0 amide bonds. The first-order valence-corrected chi connectivity index (χ1v) is 13.3. The molecule has 1 atom stereocenters. The lowest BCUT2D eigenvalue weighted by Crippen LogP contribution is -2.32. The largest absolute Gasteiger partial charge is 0.384 e. The van der Waals surface area contributed by atoms with Crippen LogP contribution in [0.1, 0.15) is 24.0 Å². The van der Waals surface area contributed by atoms with Gasteiger partial charge in [-0.15, -0.1) is 0 Å². The number of imidazole rings is 1. The maximum absolute atomic E-state index is 13.6. The minimum Gasteiger partial charge on any atom is -0.384 e. The van der Waals surface area contributed by atoms with Crippen molar-refractivity contribution >= 4 is 40.3 Å². The summed E-state index contributed by atoms with van der Waals surface area (Å²) in [6, 6.07) is 7.56. The second kappa shape index (κ2) is 11.9. The third-order valence-corrected chi connectivity index (χ3v) is 7.28. The van der Waals surface area contributed by atoms with Crippen LogP contribution in [0.3, 0.4) is 0 Å². The van der Waals surface area contributed by atoms with Gasteiger partial charge in [-0.2, -0.15) is 4.98 Å². The maximum atomic E-state index is 13.6. The van der Waals surface area contributed by atoms with E-state index in [2.05, 4.69) is 20.2 Å². The van der Waals surface area contributed by atoms with E-state index in [1.807, 2.05) is 12.1 Å². The summed E-state index contributed by atoms with van der Waals surface area (Å²) in [5, 5.41) is 7.58. The fraction of sp³-hybridized carbons (Fsp3) is 0.370. The van der Waals surface area contributed by atoms with Gasteiger partial charge in [0.2, 0.25) is 5.95 Å². The van der Waals surface area contributed by atoms with Gasteiger partial charge in [0, 0.05) is 20.2 Å². The second-order valence-corrected chi connectivity index (χ2v) is 10.3. The molecule has 1 aliphatic rings. The Morgan fingerprint density at radius 2 is 1.92 bits per heavy atom. The first-order chi connectivity index (χ1) is 18.4. The summed E-state index contributed by atoms with van der Waals surface area (Å²) in [6.07, 6.45) is 4.51. The molecular weight excluding hydrogens is 533 g/mol. The number of hydrogen-bond acceptors (Lipinski definition) is 6. The van der Waals surface area contributed by atoms with Crippen molar-refractivity contribution in [3.8, 4) is 11.4 Å². The van der Waals surface area contributed by atoms with Crippen molar-refractivity contribution in [3.05, 3.63) is 69.3 Å². The third kappa shape index (κ3) is 5.91. The molecule has 1 fully saturated rings. The number of rotatable bonds is 9. The van der Waals surface area contributed by atoms with Crippen molar-refractivity contribution < 1.29 is 13.5 Å². The van der Waals surface area contributed by atoms with Crippen molar-refractivity contribution in [2.24, 2.45) is 5.92 Å². The lowest BCUT2D eigenvalue weighted by atomic mass is 9.99. The first-order valence-electron chi connectivity index (χ1n) is 12.5. The standard InChI is InChI=1S/C27H28Cl2F2N6O/c1-38-8-6-16-9-19(28)24(20(29)10-16)26-35-23-14-34-27(33-13-17-4-5-21(30)22(31)11-17)36-25(23)37(26)15-18-3-2-7-32-12-18/h4-5,9-11,14,18,32H,2-3,6-8,12-13,15H2,1H3,(H,33,34,36)/t18-/m1/s1. The lowest BCUT2D eigenvalue weighted by molar-refractivity contribution is 0.202. The predicted molar refractivity (Wildman–Crippen MR) is 146 cm³/mol. The van der Waals surface area contributed by atoms with Gasteiger partial charge < -0.3 is 19.9 Å². The van der Waals surface area contributed by atoms with E-state index in [-0.39, 0.29) is 6.54 Å². The van der Waals surface area contributed by atoms with E-state index in [1.54, 1.807) is 13.3 Å². The number of nitrogens with one attached hydrogen (secondary N) is 2. The number of halogens is 4. The Kier molecular flexibility index (Phi) is 8.38. The molecule has 0 radical (unpaired) electrons. The third-order valence-electron chi connectivity index (χ3n) is 6.68. The first kappa shape index (κ1) is 26.7. The number of anilines is 1. The van der Waals surface area contributed by atoms with Crippen molar-refractivity contribution in [1.82, 2.24) is 24.8 Å². The van der Waals surface area contributed by atoms with Gasteiger partial charge in [-0.1, -0.05) is 29.3 Å². The topological polar surface area (TPSA) is 76.9 Å². The molecule has 5 rings (SSSR count). The highest BCUT2D eigenvalue weighted by atomic mass is 35.5. The number of hydrogen-bond donors (Lipinski definition) is 2.